The molecule has 7 nitrogen and oxygen atoms in total. The SMILES string of the molecule is CN(C)CCN1CCN(C(=O)c2ccc(S(=O)(=O)N(C)C)cc2)CC1. The van der Waals surface area contributed by atoms with Crippen LogP contribution < -0.4 is 0 Å². The first-order chi connectivity index (χ1) is 11.7. The molecule has 0 aliphatic carbocycles. The number of rotatable bonds is 6. The van der Waals surface area contributed by atoms with E-state index in [9.17, 15) is 13.2 Å². The van der Waals surface area contributed by atoms with Gasteiger partial charge in [0.1, 0.15) is 0 Å². The highest BCUT2D eigenvalue weighted by Crippen LogP contribution is 2.16. The minimum Gasteiger partial charge on any atom is -0.336 e. The number of hydrogen-bond donors (Lipinski definition) is 0. The molecule has 0 atom stereocenters. The third kappa shape index (κ3) is 5.01. The molecular weight excluding hydrogens is 340 g/mol. The summed E-state index contributed by atoms with van der Waals surface area (Å²) >= 11 is 0. The second-order valence-electron chi connectivity index (χ2n) is 6.75. The molecular formula is C17H28N4O3S. The van der Waals surface area contributed by atoms with Crippen LogP contribution in [0.1, 0.15) is 10.4 Å². The first kappa shape index (κ1) is 19.8. The molecule has 1 amide bonds. The molecule has 0 bridgehead atoms. The van der Waals surface area contributed by atoms with Crippen molar-refractivity contribution in [3.63, 3.8) is 0 Å². The van der Waals surface area contributed by atoms with E-state index in [0.29, 0.717) is 18.7 Å². The maximum Gasteiger partial charge on any atom is 0.253 e. The monoisotopic (exact) mass is 368 g/mol. The van der Waals surface area contributed by atoms with Gasteiger partial charge < -0.3 is 9.80 Å². The van der Waals surface area contributed by atoms with Crippen molar-refractivity contribution in [3.8, 4) is 0 Å². The molecule has 25 heavy (non-hydrogen) atoms. The zero-order chi connectivity index (χ0) is 18.6. The lowest BCUT2D eigenvalue weighted by Gasteiger charge is -2.35. The van der Waals surface area contributed by atoms with Crippen LogP contribution in [0.15, 0.2) is 29.2 Å². The fraction of sp³-hybridized carbons (Fsp3) is 0.588. The van der Waals surface area contributed by atoms with E-state index in [1.165, 1.54) is 26.2 Å². The molecule has 1 aromatic carbocycles. The summed E-state index contributed by atoms with van der Waals surface area (Å²) in [5.41, 5.74) is 0.527. The summed E-state index contributed by atoms with van der Waals surface area (Å²) in [4.78, 5) is 19.1. The van der Waals surface area contributed by atoms with E-state index in [4.69, 9.17) is 0 Å². The predicted octanol–water partition coefficient (Wildman–Crippen LogP) is 0.256. The second kappa shape index (κ2) is 8.27. The Bertz CT molecular complexity index is 678. The predicted molar refractivity (Wildman–Crippen MR) is 98.2 cm³/mol. The summed E-state index contributed by atoms with van der Waals surface area (Å²) in [7, 11) is 3.62. The number of carbonyl (C=O) groups excluding carboxylic acids is 1. The highest BCUT2D eigenvalue weighted by atomic mass is 32.2. The number of carbonyl (C=O) groups is 1. The molecule has 1 heterocycles. The number of likely N-dealkylation sites (N-methyl/N-ethyl adjacent to an activating group) is 1. The van der Waals surface area contributed by atoms with E-state index >= 15 is 0 Å². The van der Waals surface area contributed by atoms with Gasteiger partial charge in [0, 0.05) is 58.9 Å². The fourth-order valence-corrected chi connectivity index (χ4v) is 3.58. The maximum absolute atomic E-state index is 12.6. The third-order valence-corrected chi connectivity index (χ3v) is 6.23. The number of sulfonamides is 1. The third-order valence-electron chi connectivity index (χ3n) is 4.40. The summed E-state index contributed by atoms with van der Waals surface area (Å²) in [5, 5.41) is 0. The van der Waals surface area contributed by atoms with Gasteiger partial charge >= 0.3 is 0 Å². The van der Waals surface area contributed by atoms with Crippen molar-refractivity contribution in [3.05, 3.63) is 29.8 Å². The average Bonchev–Trinajstić information content (AvgIpc) is 2.59. The number of benzene rings is 1. The molecule has 1 fully saturated rings. The van der Waals surface area contributed by atoms with E-state index in [2.05, 4.69) is 23.9 Å². The van der Waals surface area contributed by atoms with Gasteiger partial charge in [0.05, 0.1) is 4.90 Å². The zero-order valence-corrected chi connectivity index (χ0v) is 16.3. The Morgan fingerprint density at radius 3 is 2.04 bits per heavy atom. The van der Waals surface area contributed by atoms with E-state index in [-0.39, 0.29) is 10.8 Å². The molecule has 2 rings (SSSR count). The Morgan fingerprint density at radius 2 is 1.56 bits per heavy atom. The highest BCUT2D eigenvalue weighted by molar-refractivity contribution is 7.89. The Hall–Kier alpha value is -1.48. The van der Waals surface area contributed by atoms with Crippen molar-refractivity contribution < 1.29 is 13.2 Å². The summed E-state index contributed by atoms with van der Waals surface area (Å²) in [6.07, 6.45) is 0. The van der Waals surface area contributed by atoms with E-state index in [0.717, 1.165) is 30.5 Å². The van der Waals surface area contributed by atoms with Crippen LogP contribution in [-0.2, 0) is 10.0 Å². The molecule has 0 spiro atoms. The lowest BCUT2D eigenvalue weighted by Crippen LogP contribution is -2.49. The van der Waals surface area contributed by atoms with E-state index in [1.54, 1.807) is 12.1 Å². The Kier molecular flexibility index (Phi) is 6.56. The van der Waals surface area contributed by atoms with Crippen LogP contribution >= 0.6 is 0 Å². The van der Waals surface area contributed by atoms with Gasteiger partial charge in [-0.2, -0.15) is 0 Å². The number of nitrogens with zero attached hydrogens (tertiary/aromatic N) is 4. The standard InChI is InChI=1S/C17H28N4O3S/c1-18(2)9-10-20-11-13-21(14-12-20)17(22)15-5-7-16(8-6-15)25(23,24)19(3)4/h5-8H,9-14H2,1-4H3. The molecule has 1 aliphatic heterocycles. The van der Waals surface area contributed by atoms with Crippen molar-refractivity contribution >= 4 is 15.9 Å². The lowest BCUT2D eigenvalue weighted by molar-refractivity contribution is 0.0629. The van der Waals surface area contributed by atoms with Crippen LogP contribution in [-0.4, -0.2) is 101 Å². The van der Waals surface area contributed by atoms with Crippen molar-refractivity contribution in [2.24, 2.45) is 0 Å². The average molecular weight is 369 g/mol. The number of hydrogen-bond acceptors (Lipinski definition) is 5. The van der Waals surface area contributed by atoms with Gasteiger partial charge in [-0.25, -0.2) is 12.7 Å². The molecule has 140 valence electrons. The fourth-order valence-electron chi connectivity index (χ4n) is 2.68. The largest absolute Gasteiger partial charge is 0.336 e. The van der Waals surface area contributed by atoms with Gasteiger partial charge in [-0.15, -0.1) is 0 Å². The normalized spacial score (nSPS) is 16.6. The first-order valence-corrected chi connectivity index (χ1v) is 9.85. The summed E-state index contributed by atoms with van der Waals surface area (Å²) < 4.78 is 25.3. The van der Waals surface area contributed by atoms with Gasteiger partial charge in [0.25, 0.3) is 5.91 Å². The van der Waals surface area contributed by atoms with Gasteiger partial charge in [-0.1, -0.05) is 0 Å². The van der Waals surface area contributed by atoms with Crippen molar-refractivity contribution in [1.29, 1.82) is 0 Å². The van der Waals surface area contributed by atoms with Crippen molar-refractivity contribution in [2.45, 2.75) is 4.90 Å². The molecule has 0 saturated carbocycles. The van der Waals surface area contributed by atoms with E-state index in [1.807, 2.05) is 4.90 Å². The van der Waals surface area contributed by atoms with Gasteiger partial charge in [-0.3, -0.25) is 9.69 Å². The second-order valence-corrected chi connectivity index (χ2v) is 8.90. The molecule has 1 saturated heterocycles. The highest BCUT2D eigenvalue weighted by Gasteiger charge is 2.23. The molecule has 0 N–H and O–H groups in total. The minimum absolute atomic E-state index is 0.0407. The zero-order valence-electron chi connectivity index (χ0n) is 15.5. The van der Waals surface area contributed by atoms with Crippen LogP contribution in [0.25, 0.3) is 0 Å². The summed E-state index contributed by atoms with van der Waals surface area (Å²) in [6.45, 7) is 5.15. The van der Waals surface area contributed by atoms with Crippen LogP contribution in [0.2, 0.25) is 0 Å². The smallest absolute Gasteiger partial charge is 0.253 e. The Morgan fingerprint density at radius 1 is 1.00 bits per heavy atom. The van der Waals surface area contributed by atoms with Crippen molar-refractivity contribution in [2.75, 3.05) is 67.5 Å². The topological polar surface area (TPSA) is 64.2 Å². The maximum atomic E-state index is 12.6. The summed E-state index contributed by atoms with van der Waals surface area (Å²) in [6, 6.07) is 6.18. The lowest BCUT2D eigenvalue weighted by atomic mass is 10.2. The van der Waals surface area contributed by atoms with Gasteiger partial charge in [-0.05, 0) is 38.4 Å². The van der Waals surface area contributed by atoms with Crippen LogP contribution in [0.3, 0.4) is 0 Å². The Labute approximate surface area is 150 Å². The molecule has 1 aliphatic rings. The first-order valence-electron chi connectivity index (χ1n) is 8.41. The molecule has 8 heteroatoms. The quantitative estimate of drug-likeness (QED) is 0.721. The number of amides is 1. The van der Waals surface area contributed by atoms with Gasteiger partial charge in [0.2, 0.25) is 10.0 Å². The molecule has 0 radical (unpaired) electrons. The van der Waals surface area contributed by atoms with Crippen molar-refractivity contribution in [1.82, 2.24) is 19.0 Å². The number of piperazine rings is 1. The van der Waals surface area contributed by atoms with E-state index < -0.39 is 10.0 Å². The molecule has 0 aromatic heterocycles. The minimum atomic E-state index is -3.47. The van der Waals surface area contributed by atoms with Gasteiger partial charge in [0.15, 0.2) is 0 Å². The van der Waals surface area contributed by atoms with Crippen LogP contribution in [0.5, 0.6) is 0 Å². The summed E-state index contributed by atoms with van der Waals surface area (Å²) in [5.74, 6) is -0.0407. The molecule has 1 aromatic rings. The van der Waals surface area contributed by atoms with Crippen LogP contribution in [0, 0.1) is 0 Å². The molecule has 0 unspecified atom stereocenters. The van der Waals surface area contributed by atoms with Crippen LogP contribution in [0.4, 0.5) is 0 Å². The Balaban J connectivity index is 1.96.